The van der Waals surface area contributed by atoms with Gasteiger partial charge in [0.15, 0.2) is 0 Å². The summed E-state index contributed by atoms with van der Waals surface area (Å²) in [6.45, 7) is 0. The average molecular weight is 272 g/mol. The number of rotatable bonds is 2. The second kappa shape index (κ2) is 5.59. The lowest BCUT2D eigenvalue weighted by atomic mass is 9.84. The van der Waals surface area contributed by atoms with Gasteiger partial charge in [-0.2, -0.15) is 13.2 Å². The predicted octanol–water partition coefficient (Wildman–Crippen LogP) is 2.93. The second-order valence-corrected chi connectivity index (χ2v) is 4.73. The molecule has 1 N–H and O–H groups in total. The minimum atomic E-state index is -4.26. The molecule has 1 amide bonds. The van der Waals surface area contributed by atoms with Gasteiger partial charge in [-0.25, -0.2) is 0 Å². The molecule has 1 aromatic rings. The van der Waals surface area contributed by atoms with Gasteiger partial charge in [-0.3, -0.25) is 9.78 Å². The highest BCUT2D eigenvalue weighted by Gasteiger charge is 2.46. The van der Waals surface area contributed by atoms with Crippen molar-refractivity contribution in [1.29, 1.82) is 0 Å². The molecule has 0 aliphatic heterocycles. The molecule has 19 heavy (non-hydrogen) atoms. The molecule has 0 bridgehead atoms. The van der Waals surface area contributed by atoms with Crippen molar-refractivity contribution in [1.82, 2.24) is 10.3 Å². The van der Waals surface area contributed by atoms with Crippen molar-refractivity contribution < 1.29 is 18.0 Å². The van der Waals surface area contributed by atoms with E-state index >= 15 is 0 Å². The van der Waals surface area contributed by atoms with Gasteiger partial charge in [0.05, 0.1) is 5.92 Å². The molecule has 1 aromatic heterocycles. The topological polar surface area (TPSA) is 42.0 Å². The third-order valence-corrected chi connectivity index (χ3v) is 3.40. The Bertz CT molecular complexity index is 433. The van der Waals surface area contributed by atoms with E-state index in [1.807, 2.05) is 0 Å². The Morgan fingerprint density at radius 3 is 2.63 bits per heavy atom. The maximum Gasteiger partial charge on any atom is 0.393 e. The standard InChI is InChI=1S/C13H15F3N2O/c14-13(15,16)9-5-1-2-6-10(9)18-12(19)11-7-3-4-8-17-11/h3-4,7-10H,1-2,5-6H2,(H,18,19)/t9-,10-/m1/s1. The Morgan fingerprint density at radius 2 is 2.00 bits per heavy atom. The molecule has 0 aromatic carbocycles. The van der Waals surface area contributed by atoms with E-state index in [0.717, 1.165) is 0 Å². The van der Waals surface area contributed by atoms with Crippen molar-refractivity contribution in [3.05, 3.63) is 30.1 Å². The van der Waals surface area contributed by atoms with Gasteiger partial charge in [-0.1, -0.05) is 18.9 Å². The van der Waals surface area contributed by atoms with Gasteiger partial charge in [0.2, 0.25) is 0 Å². The van der Waals surface area contributed by atoms with Crippen molar-refractivity contribution in [2.75, 3.05) is 0 Å². The number of nitrogens with zero attached hydrogens (tertiary/aromatic N) is 1. The van der Waals surface area contributed by atoms with Crippen LogP contribution in [0.1, 0.15) is 36.2 Å². The van der Waals surface area contributed by atoms with Gasteiger partial charge < -0.3 is 5.32 Å². The summed E-state index contributed by atoms with van der Waals surface area (Å²) in [6, 6.07) is 3.92. The molecule has 0 spiro atoms. The van der Waals surface area contributed by atoms with Crippen LogP contribution in [0.2, 0.25) is 0 Å². The zero-order chi connectivity index (χ0) is 13.9. The lowest BCUT2D eigenvalue weighted by Gasteiger charge is -2.33. The number of alkyl halides is 3. The van der Waals surface area contributed by atoms with E-state index in [4.69, 9.17) is 0 Å². The van der Waals surface area contributed by atoms with Crippen molar-refractivity contribution >= 4 is 5.91 Å². The summed E-state index contributed by atoms with van der Waals surface area (Å²) in [7, 11) is 0. The zero-order valence-corrected chi connectivity index (χ0v) is 10.3. The number of hydrogen-bond donors (Lipinski definition) is 1. The van der Waals surface area contributed by atoms with Crippen LogP contribution in [0.15, 0.2) is 24.4 Å². The summed E-state index contributed by atoms with van der Waals surface area (Å²) in [6.07, 6.45) is -1.11. The molecular weight excluding hydrogens is 257 g/mol. The van der Waals surface area contributed by atoms with Crippen LogP contribution >= 0.6 is 0 Å². The molecule has 3 nitrogen and oxygen atoms in total. The number of carbonyl (C=O) groups is 1. The lowest BCUT2D eigenvalue weighted by Crippen LogP contribution is -2.47. The number of pyridine rings is 1. The first-order chi connectivity index (χ1) is 8.98. The lowest BCUT2D eigenvalue weighted by molar-refractivity contribution is -0.187. The molecule has 0 radical (unpaired) electrons. The van der Waals surface area contributed by atoms with Crippen LogP contribution in [0.5, 0.6) is 0 Å². The highest BCUT2D eigenvalue weighted by molar-refractivity contribution is 5.92. The Hall–Kier alpha value is -1.59. The molecule has 1 heterocycles. The van der Waals surface area contributed by atoms with Gasteiger partial charge in [0, 0.05) is 12.2 Å². The van der Waals surface area contributed by atoms with E-state index in [1.165, 1.54) is 12.3 Å². The van der Waals surface area contributed by atoms with Crippen LogP contribution in [-0.2, 0) is 0 Å². The molecule has 0 saturated heterocycles. The third-order valence-electron chi connectivity index (χ3n) is 3.40. The fraction of sp³-hybridized carbons (Fsp3) is 0.538. The van der Waals surface area contributed by atoms with Crippen molar-refractivity contribution in [3.63, 3.8) is 0 Å². The van der Waals surface area contributed by atoms with E-state index in [2.05, 4.69) is 10.3 Å². The fourth-order valence-corrected chi connectivity index (χ4v) is 2.43. The van der Waals surface area contributed by atoms with Crippen LogP contribution in [0.3, 0.4) is 0 Å². The van der Waals surface area contributed by atoms with Crippen LogP contribution in [0.4, 0.5) is 13.2 Å². The smallest absolute Gasteiger partial charge is 0.347 e. The zero-order valence-electron chi connectivity index (χ0n) is 10.3. The Kier molecular flexibility index (Phi) is 4.07. The number of carbonyl (C=O) groups excluding carboxylic acids is 1. The van der Waals surface area contributed by atoms with Gasteiger partial charge >= 0.3 is 6.18 Å². The summed E-state index contributed by atoms with van der Waals surface area (Å²) >= 11 is 0. The predicted molar refractivity (Wildman–Crippen MR) is 63.5 cm³/mol. The van der Waals surface area contributed by atoms with E-state index in [0.29, 0.717) is 19.3 Å². The Morgan fingerprint density at radius 1 is 1.26 bits per heavy atom. The van der Waals surface area contributed by atoms with Crippen molar-refractivity contribution in [2.45, 2.75) is 37.9 Å². The first-order valence-corrected chi connectivity index (χ1v) is 6.27. The Labute approximate surface area is 109 Å². The van der Waals surface area contributed by atoms with Crippen molar-refractivity contribution in [3.8, 4) is 0 Å². The summed E-state index contributed by atoms with van der Waals surface area (Å²) < 4.78 is 38.6. The summed E-state index contributed by atoms with van der Waals surface area (Å²) in [5.74, 6) is -1.99. The first kappa shape index (κ1) is 13.8. The van der Waals surface area contributed by atoms with Crippen LogP contribution in [0.25, 0.3) is 0 Å². The van der Waals surface area contributed by atoms with E-state index < -0.39 is 24.0 Å². The minimum absolute atomic E-state index is 0.0800. The number of hydrogen-bond acceptors (Lipinski definition) is 2. The fourth-order valence-electron chi connectivity index (χ4n) is 2.43. The first-order valence-electron chi connectivity index (χ1n) is 6.27. The molecule has 1 saturated carbocycles. The molecule has 2 rings (SSSR count). The second-order valence-electron chi connectivity index (χ2n) is 4.73. The summed E-state index contributed by atoms with van der Waals surface area (Å²) in [4.78, 5) is 15.7. The molecule has 6 heteroatoms. The molecule has 2 atom stereocenters. The summed E-state index contributed by atoms with van der Waals surface area (Å²) in [5.41, 5.74) is 0.147. The highest BCUT2D eigenvalue weighted by atomic mass is 19.4. The van der Waals surface area contributed by atoms with Gasteiger partial charge in [0.1, 0.15) is 5.69 Å². The van der Waals surface area contributed by atoms with Crippen LogP contribution in [0, 0.1) is 5.92 Å². The van der Waals surface area contributed by atoms with Gasteiger partial charge in [0.25, 0.3) is 5.91 Å². The molecule has 1 aliphatic rings. The van der Waals surface area contributed by atoms with Crippen molar-refractivity contribution in [2.24, 2.45) is 5.92 Å². The quantitative estimate of drug-likeness (QED) is 0.899. The maximum absolute atomic E-state index is 12.9. The number of amides is 1. The van der Waals surface area contributed by atoms with E-state index in [1.54, 1.807) is 12.1 Å². The van der Waals surface area contributed by atoms with Crippen LogP contribution < -0.4 is 5.32 Å². The van der Waals surface area contributed by atoms with E-state index in [9.17, 15) is 18.0 Å². The third kappa shape index (κ3) is 3.45. The normalized spacial score (nSPS) is 23.9. The molecule has 104 valence electrons. The SMILES string of the molecule is O=C(N[C@@H]1CCCC[C@H]1C(F)(F)F)c1ccccn1. The molecule has 0 unspecified atom stereocenters. The van der Waals surface area contributed by atoms with E-state index in [-0.39, 0.29) is 12.1 Å². The average Bonchev–Trinajstić information content (AvgIpc) is 2.39. The maximum atomic E-state index is 12.9. The van der Waals surface area contributed by atoms with Gasteiger partial charge in [-0.15, -0.1) is 0 Å². The molecular formula is C13H15F3N2O. The number of halogens is 3. The number of aromatic nitrogens is 1. The minimum Gasteiger partial charge on any atom is -0.347 e. The largest absolute Gasteiger partial charge is 0.393 e. The summed E-state index contributed by atoms with van der Waals surface area (Å²) in [5, 5.41) is 2.47. The van der Waals surface area contributed by atoms with Crippen LogP contribution in [-0.4, -0.2) is 23.1 Å². The molecule has 1 aliphatic carbocycles. The van der Waals surface area contributed by atoms with Gasteiger partial charge in [-0.05, 0) is 25.0 Å². The Balaban J connectivity index is 2.06. The highest BCUT2D eigenvalue weighted by Crippen LogP contribution is 2.37. The molecule has 1 fully saturated rings. The number of nitrogens with one attached hydrogen (secondary N) is 1. The monoisotopic (exact) mass is 272 g/mol.